The Labute approximate surface area is 80.6 Å². The Morgan fingerprint density at radius 1 is 0.867 bits per heavy atom. The van der Waals surface area contributed by atoms with Crippen molar-refractivity contribution < 1.29 is 29.7 Å². The van der Waals surface area contributed by atoms with Gasteiger partial charge in [-0.25, -0.2) is 0 Å². The van der Waals surface area contributed by atoms with Gasteiger partial charge in [-0.1, -0.05) is 6.07 Å². The van der Waals surface area contributed by atoms with Crippen molar-refractivity contribution in [2.45, 2.75) is 0 Å². The van der Waals surface area contributed by atoms with Crippen molar-refractivity contribution in [1.82, 2.24) is 0 Å². The zero-order chi connectivity index (χ0) is 12.2. The maximum Gasteiger partial charge on any atom is 0.463 e. The molecule has 0 aliphatic carbocycles. The minimum absolute atomic E-state index is 1.43. The minimum Gasteiger partial charge on any atom is -0.149 e. The van der Waals surface area contributed by atoms with Crippen LogP contribution in [0.5, 0.6) is 0 Å². The van der Waals surface area contributed by atoms with E-state index in [0.717, 1.165) is 0 Å². The van der Waals surface area contributed by atoms with Gasteiger partial charge in [-0.2, -0.15) is 0 Å². The molecular formula is C6H5F6N2P. The molecule has 0 saturated carbocycles. The monoisotopic (exact) mass is 250 g/mol. The van der Waals surface area contributed by atoms with Crippen LogP contribution in [0.1, 0.15) is 0 Å². The van der Waals surface area contributed by atoms with Crippen molar-refractivity contribution in [3.05, 3.63) is 30.6 Å². The average molecular weight is 250 g/mol. The van der Waals surface area contributed by atoms with E-state index in [2.05, 4.69) is 0 Å². The van der Waals surface area contributed by atoms with Gasteiger partial charge in [-0.05, 0) is 12.1 Å². The molecule has 0 aromatic carbocycles. The summed E-state index contributed by atoms with van der Waals surface area (Å²) in [4.78, 5) is 0. The average Bonchev–Trinajstić information content (AvgIpc) is 2.00. The number of nitrogens with zero attached hydrogens (tertiary/aromatic N) is 2. The molecule has 0 bridgehead atoms. The number of aromatic nitrogens is 1. The first-order chi connectivity index (χ1) is 6.38. The molecule has 0 N–H and O–H groups in total. The molecule has 0 spiro atoms. The fraction of sp³-hybridized carbons (Fsp3) is 0. The van der Waals surface area contributed by atoms with E-state index in [0.29, 0.717) is 0 Å². The Morgan fingerprint density at radius 3 is 1.40 bits per heavy atom. The van der Waals surface area contributed by atoms with Crippen molar-refractivity contribution in [2.75, 3.05) is 0 Å². The number of halogens is 6. The maximum absolute atomic E-state index is 10.7. The molecule has 86 valence electrons. The molecule has 0 atom stereocenters. The first kappa shape index (κ1) is 13.7. The smallest absolute Gasteiger partial charge is 0.149 e. The van der Waals surface area contributed by atoms with E-state index in [-0.39, 0.29) is 0 Å². The second-order valence-electron chi connectivity index (χ2n) is 2.34. The summed E-state index contributed by atoms with van der Waals surface area (Å²) in [7, 11) is -10.7. The summed E-state index contributed by atoms with van der Waals surface area (Å²) < 4.78 is 60.6. The van der Waals surface area contributed by atoms with Crippen LogP contribution >= 0.6 is 7.81 Å². The molecule has 1 aromatic heterocycles. The number of nitriles is 1. The zero-order valence-electron chi connectivity index (χ0n) is 7.00. The molecule has 1 heterocycles. The summed E-state index contributed by atoms with van der Waals surface area (Å²) >= 11 is 0. The van der Waals surface area contributed by atoms with E-state index in [1.165, 1.54) is 4.57 Å². The van der Waals surface area contributed by atoms with Crippen LogP contribution in [0.25, 0.3) is 0 Å². The summed E-state index contributed by atoms with van der Waals surface area (Å²) in [5.41, 5.74) is 0. The third-order valence-electron chi connectivity index (χ3n) is 0.831. The third kappa shape index (κ3) is 19.2. The fourth-order valence-corrected chi connectivity index (χ4v) is 0.465. The molecule has 0 saturated heterocycles. The summed E-state index contributed by atoms with van der Waals surface area (Å²) in [5, 5.41) is 8.25. The molecule has 9 heteroatoms. The van der Waals surface area contributed by atoms with Gasteiger partial charge in [0, 0.05) is 0 Å². The van der Waals surface area contributed by atoms with Crippen molar-refractivity contribution in [1.29, 1.82) is 5.26 Å². The van der Waals surface area contributed by atoms with Crippen molar-refractivity contribution in [3.63, 3.8) is 0 Å². The first-order valence-corrected chi connectivity index (χ1v) is 5.34. The van der Waals surface area contributed by atoms with Crippen LogP contribution in [0, 0.1) is 11.5 Å². The van der Waals surface area contributed by atoms with Gasteiger partial charge in [0.15, 0.2) is 5.26 Å². The van der Waals surface area contributed by atoms with E-state index < -0.39 is 7.81 Å². The van der Waals surface area contributed by atoms with Crippen LogP contribution in [0.15, 0.2) is 30.6 Å². The van der Waals surface area contributed by atoms with Crippen molar-refractivity contribution in [3.8, 4) is 6.19 Å². The summed E-state index contributed by atoms with van der Waals surface area (Å²) in [6, 6.07) is 5.49. The van der Waals surface area contributed by atoms with Gasteiger partial charge in [-0.15, -0.1) is 4.57 Å². The van der Waals surface area contributed by atoms with E-state index in [1.807, 2.05) is 24.4 Å². The molecule has 1 rings (SSSR count). The summed E-state index contributed by atoms with van der Waals surface area (Å²) in [6.07, 6.45) is 5.33. The van der Waals surface area contributed by atoms with Crippen LogP contribution in [0.3, 0.4) is 0 Å². The molecule has 0 fully saturated rings. The summed E-state index contributed by atoms with van der Waals surface area (Å²) in [6.45, 7) is 0. The standard InChI is InChI=1S/C6H5N2.F6P/c7-6-8-4-2-1-3-5-8;1-7(2,3,4,5)6/h1-5H;/q+1;-1. The van der Waals surface area contributed by atoms with Gasteiger partial charge in [0.2, 0.25) is 0 Å². The van der Waals surface area contributed by atoms with Crippen LogP contribution < -0.4 is 4.57 Å². The minimum atomic E-state index is -10.7. The second-order valence-corrected chi connectivity index (χ2v) is 4.26. The van der Waals surface area contributed by atoms with Gasteiger partial charge in [0.25, 0.3) is 0 Å². The Hall–Kier alpha value is -1.35. The van der Waals surface area contributed by atoms with Gasteiger partial charge in [0.05, 0.1) is 0 Å². The maximum atomic E-state index is 9.87. The molecule has 0 amide bonds. The van der Waals surface area contributed by atoms with E-state index in [4.69, 9.17) is 5.26 Å². The molecule has 15 heavy (non-hydrogen) atoms. The Balaban J connectivity index is 0.000000265. The van der Waals surface area contributed by atoms with Crippen LogP contribution in [0.2, 0.25) is 0 Å². The molecule has 1 aromatic rings. The van der Waals surface area contributed by atoms with E-state index >= 15 is 0 Å². The molecule has 0 radical (unpaired) electrons. The predicted molar refractivity (Wildman–Crippen MR) is 41.2 cm³/mol. The SMILES string of the molecule is F[P-](F)(F)(F)(F)F.N#C[n+]1ccccc1. The molecule has 0 aliphatic rings. The number of pyridine rings is 1. The topological polar surface area (TPSA) is 27.7 Å². The number of hydrogen-bond acceptors (Lipinski definition) is 1. The van der Waals surface area contributed by atoms with Crippen LogP contribution in [-0.4, -0.2) is 0 Å². The van der Waals surface area contributed by atoms with Crippen molar-refractivity contribution >= 4 is 7.81 Å². The predicted octanol–water partition coefficient (Wildman–Crippen LogP) is 3.69. The summed E-state index contributed by atoms with van der Waals surface area (Å²) in [5.74, 6) is 0. The molecule has 0 unspecified atom stereocenters. The quantitative estimate of drug-likeness (QED) is 0.392. The normalized spacial score (nSPS) is 15.0. The fourth-order valence-electron chi connectivity index (χ4n) is 0.465. The third-order valence-corrected chi connectivity index (χ3v) is 0.831. The molecule has 0 aliphatic heterocycles. The zero-order valence-corrected chi connectivity index (χ0v) is 7.89. The Kier molecular flexibility index (Phi) is 3.05. The molecular weight excluding hydrogens is 245 g/mol. The number of rotatable bonds is 0. The van der Waals surface area contributed by atoms with Crippen molar-refractivity contribution in [2.24, 2.45) is 0 Å². The Bertz CT molecular complexity index is 351. The van der Waals surface area contributed by atoms with E-state index in [1.54, 1.807) is 12.4 Å². The second kappa shape index (κ2) is 3.35. The largest absolute Gasteiger partial charge is 0.463 e. The van der Waals surface area contributed by atoms with Gasteiger partial charge in [0.1, 0.15) is 12.4 Å². The van der Waals surface area contributed by atoms with Gasteiger partial charge >= 0.3 is 39.2 Å². The van der Waals surface area contributed by atoms with Gasteiger partial charge < -0.3 is 0 Å². The number of hydrogen-bond donors (Lipinski definition) is 0. The van der Waals surface area contributed by atoms with E-state index in [9.17, 15) is 25.2 Å². The van der Waals surface area contributed by atoms with Crippen LogP contribution in [0.4, 0.5) is 25.2 Å². The molecule has 2 nitrogen and oxygen atoms in total. The first-order valence-electron chi connectivity index (χ1n) is 3.31. The van der Waals surface area contributed by atoms with Crippen LogP contribution in [-0.2, 0) is 0 Å². The van der Waals surface area contributed by atoms with Gasteiger partial charge in [-0.3, -0.25) is 0 Å². The Morgan fingerprint density at radius 2 is 1.20 bits per heavy atom.